The third-order valence-electron chi connectivity index (χ3n) is 2.02. The van der Waals surface area contributed by atoms with Crippen molar-refractivity contribution in [2.45, 2.75) is 19.4 Å². The number of rotatable bonds is 4. The summed E-state index contributed by atoms with van der Waals surface area (Å²) in [6.45, 7) is 5.04. The molecule has 1 aromatic rings. The zero-order valence-electron chi connectivity index (χ0n) is 9.20. The van der Waals surface area contributed by atoms with E-state index in [-0.39, 0.29) is 5.54 Å². The number of hydrogen-bond donors (Lipinski definition) is 2. The number of nitrogens with one attached hydrogen (secondary N) is 2. The minimum atomic E-state index is -0.0664. The summed E-state index contributed by atoms with van der Waals surface area (Å²) in [6, 6.07) is 5.41. The van der Waals surface area contributed by atoms with Crippen LogP contribution in [0.25, 0.3) is 0 Å². The quantitative estimate of drug-likeness (QED) is 0.852. The molecule has 0 saturated heterocycles. The average molecular weight is 247 g/mol. The van der Waals surface area contributed by atoms with E-state index in [2.05, 4.69) is 24.5 Å². The van der Waals surface area contributed by atoms with Gasteiger partial charge in [0, 0.05) is 17.1 Å². The lowest BCUT2D eigenvalue weighted by atomic mass is 10.1. The Labute approximate surface area is 101 Å². The van der Waals surface area contributed by atoms with Crippen LogP contribution in [0.1, 0.15) is 13.8 Å². The number of hydrogen-bond acceptors (Lipinski definition) is 2. The molecule has 0 spiro atoms. The predicted octanol–water partition coefficient (Wildman–Crippen LogP) is 3.40. The average Bonchev–Trinajstić information content (AvgIpc) is 2.10. The highest BCUT2D eigenvalue weighted by atomic mass is 35.5. The van der Waals surface area contributed by atoms with E-state index >= 15 is 0 Å². The molecule has 0 atom stereocenters. The van der Waals surface area contributed by atoms with Crippen molar-refractivity contribution in [2.24, 2.45) is 0 Å². The summed E-state index contributed by atoms with van der Waals surface area (Å²) in [6.07, 6.45) is 0. The van der Waals surface area contributed by atoms with Gasteiger partial charge in [-0.05, 0) is 39.1 Å². The van der Waals surface area contributed by atoms with Gasteiger partial charge < -0.3 is 10.6 Å². The molecule has 0 aromatic heterocycles. The Morgan fingerprint density at radius 1 is 1.27 bits per heavy atom. The first-order valence-corrected chi connectivity index (χ1v) is 5.58. The largest absolute Gasteiger partial charge is 0.378 e. The molecular formula is C11H16Cl2N2. The minimum absolute atomic E-state index is 0.0664. The van der Waals surface area contributed by atoms with Crippen molar-refractivity contribution in [1.29, 1.82) is 0 Å². The molecule has 0 amide bonds. The van der Waals surface area contributed by atoms with Crippen molar-refractivity contribution in [3.05, 3.63) is 28.2 Å². The predicted molar refractivity (Wildman–Crippen MR) is 68.1 cm³/mol. The maximum absolute atomic E-state index is 6.06. The van der Waals surface area contributed by atoms with Crippen molar-refractivity contribution >= 4 is 28.9 Å². The first-order valence-electron chi connectivity index (χ1n) is 4.82. The van der Waals surface area contributed by atoms with E-state index in [1.807, 2.05) is 13.1 Å². The molecule has 0 heterocycles. The van der Waals surface area contributed by atoms with Gasteiger partial charge in [-0.2, -0.15) is 0 Å². The molecule has 0 saturated carbocycles. The van der Waals surface area contributed by atoms with Crippen LogP contribution in [0.4, 0.5) is 5.69 Å². The van der Waals surface area contributed by atoms with E-state index in [0.717, 1.165) is 12.2 Å². The fraction of sp³-hybridized carbons (Fsp3) is 0.455. The fourth-order valence-electron chi connectivity index (χ4n) is 1.44. The summed E-state index contributed by atoms with van der Waals surface area (Å²) >= 11 is 12.0. The molecule has 0 unspecified atom stereocenters. The summed E-state index contributed by atoms with van der Waals surface area (Å²) in [5.74, 6) is 0. The molecule has 0 bridgehead atoms. The Morgan fingerprint density at radius 2 is 1.93 bits per heavy atom. The summed E-state index contributed by atoms with van der Waals surface area (Å²) < 4.78 is 0. The maximum Gasteiger partial charge on any atom is 0.0638 e. The van der Waals surface area contributed by atoms with Crippen LogP contribution in [0.5, 0.6) is 0 Å². The molecule has 0 radical (unpaired) electrons. The number of benzene rings is 1. The minimum Gasteiger partial charge on any atom is -0.378 e. The summed E-state index contributed by atoms with van der Waals surface area (Å²) in [5.41, 5.74) is 0.799. The lowest BCUT2D eigenvalue weighted by Crippen LogP contribution is -2.40. The molecular weight excluding hydrogens is 231 g/mol. The number of likely N-dealkylation sites (N-methyl/N-ethyl adjacent to an activating group) is 1. The molecule has 0 fully saturated rings. The molecule has 0 aliphatic carbocycles. The Hall–Kier alpha value is -0.440. The van der Waals surface area contributed by atoms with E-state index in [1.54, 1.807) is 12.1 Å². The normalized spacial score (nSPS) is 11.5. The van der Waals surface area contributed by atoms with Gasteiger partial charge in [0.05, 0.1) is 10.7 Å². The topological polar surface area (TPSA) is 24.1 Å². The smallest absolute Gasteiger partial charge is 0.0638 e. The number of anilines is 1. The van der Waals surface area contributed by atoms with E-state index in [9.17, 15) is 0 Å². The third-order valence-corrected chi connectivity index (χ3v) is 2.58. The van der Waals surface area contributed by atoms with Crippen molar-refractivity contribution in [2.75, 3.05) is 18.9 Å². The number of halogens is 2. The van der Waals surface area contributed by atoms with Crippen LogP contribution in [0, 0.1) is 0 Å². The second kappa shape index (κ2) is 5.06. The summed E-state index contributed by atoms with van der Waals surface area (Å²) in [4.78, 5) is 0. The standard InChI is InChI=1S/C11H16Cl2N2/c1-11(2,7-14-3)15-10-6-8(12)4-5-9(10)13/h4-6,14-15H,7H2,1-3H3. The molecule has 4 heteroatoms. The molecule has 15 heavy (non-hydrogen) atoms. The third kappa shape index (κ3) is 3.90. The van der Waals surface area contributed by atoms with Crippen molar-refractivity contribution in [3.8, 4) is 0 Å². The molecule has 2 N–H and O–H groups in total. The van der Waals surface area contributed by atoms with E-state index in [0.29, 0.717) is 10.0 Å². The van der Waals surface area contributed by atoms with Crippen LogP contribution in [0.15, 0.2) is 18.2 Å². The molecule has 1 aromatic carbocycles. The molecule has 1 rings (SSSR count). The fourth-order valence-corrected chi connectivity index (χ4v) is 1.78. The van der Waals surface area contributed by atoms with Crippen LogP contribution in [-0.4, -0.2) is 19.1 Å². The van der Waals surface area contributed by atoms with E-state index < -0.39 is 0 Å². The van der Waals surface area contributed by atoms with Gasteiger partial charge in [0.2, 0.25) is 0 Å². The van der Waals surface area contributed by atoms with Gasteiger partial charge in [0.15, 0.2) is 0 Å². The van der Waals surface area contributed by atoms with Gasteiger partial charge >= 0.3 is 0 Å². The van der Waals surface area contributed by atoms with Crippen LogP contribution in [-0.2, 0) is 0 Å². The molecule has 0 aliphatic heterocycles. The van der Waals surface area contributed by atoms with Gasteiger partial charge in [0.25, 0.3) is 0 Å². The van der Waals surface area contributed by atoms with Crippen LogP contribution >= 0.6 is 23.2 Å². The van der Waals surface area contributed by atoms with Crippen LogP contribution in [0.3, 0.4) is 0 Å². The first-order chi connectivity index (χ1) is 6.94. The van der Waals surface area contributed by atoms with Gasteiger partial charge in [-0.15, -0.1) is 0 Å². The van der Waals surface area contributed by atoms with Gasteiger partial charge in [-0.3, -0.25) is 0 Å². The zero-order valence-corrected chi connectivity index (χ0v) is 10.7. The van der Waals surface area contributed by atoms with Gasteiger partial charge in [-0.1, -0.05) is 23.2 Å². The van der Waals surface area contributed by atoms with E-state index in [1.165, 1.54) is 0 Å². The van der Waals surface area contributed by atoms with Gasteiger partial charge in [-0.25, -0.2) is 0 Å². The second-order valence-electron chi connectivity index (χ2n) is 4.16. The summed E-state index contributed by atoms with van der Waals surface area (Å²) in [7, 11) is 1.92. The summed E-state index contributed by atoms with van der Waals surface area (Å²) in [5, 5.41) is 7.84. The molecule has 0 aliphatic rings. The first kappa shape index (κ1) is 12.6. The Morgan fingerprint density at radius 3 is 2.53 bits per heavy atom. The maximum atomic E-state index is 6.06. The Balaban J connectivity index is 2.83. The van der Waals surface area contributed by atoms with Crippen LogP contribution < -0.4 is 10.6 Å². The zero-order chi connectivity index (χ0) is 11.5. The van der Waals surface area contributed by atoms with Crippen molar-refractivity contribution < 1.29 is 0 Å². The highest BCUT2D eigenvalue weighted by Gasteiger charge is 2.17. The molecule has 84 valence electrons. The Kier molecular flexibility index (Phi) is 4.26. The highest BCUT2D eigenvalue weighted by Crippen LogP contribution is 2.27. The Bertz CT molecular complexity index is 337. The lowest BCUT2D eigenvalue weighted by Gasteiger charge is -2.27. The van der Waals surface area contributed by atoms with E-state index in [4.69, 9.17) is 23.2 Å². The van der Waals surface area contributed by atoms with Crippen LogP contribution in [0.2, 0.25) is 10.0 Å². The molecule has 2 nitrogen and oxygen atoms in total. The van der Waals surface area contributed by atoms with Crippen molar-refractivity contribution in [1.82, 2.24) is 5.32 Å². The van der Waals surface area contributed by atoms with Crippen molar-refractivity contribution in [3.63, 3.8) is 0 Å². The highest BCUT2D eigenvalue weighted by molar-refractivity contribution is 6.35. The SMILES string of the molecule is CNCC(C)(C)Nc1cc(Cl)ccc1Cl. The monoisotopic (exact) mass is 246 g/mol. The second-order valence-corrected chi connectivity index (χ2v) is 5.01. The lowest BCUT2D eigenvalue weighted by molar-refractivity contribution is 0.530. The van der Waals surface area contributed by atoms with Gasteiger partial charge in [0.1, 0.15) is 0 Å².